The van der Waals surface area contributed by atoms with E-state index in [0.29, 0.717) is 19.4 Å². The van der Waals surface area contributed by atoms with Gasteiger partial charge in [0.15, 0.2) is 5.78 Å². The van der Waals surface area contributed by atoms with E-state index in [0.717, 1.165) is 84.9 Å². The lowest BCUT2D eigenvalue weighted by Crippen LogP contribution is -2.67. The highest BCUT2D eigenvalue weighted by Crippen LogP contribution is 2.78. The van der Waals surface area contributed by atoms with Crippen molar-refractivity contribution in [1.82, 2.24) is 4.90 Å². The van der Waals surface area contributed by atoms with Crippen LogP contribution in [0.5, 0.6) is 0 Å². The van der Waals surface area contributed by atoms with Gasteiger partial charge in [0.2, 0.25) is 0 Å². The molecule has 1 heterocycles. The van der Waals surface area contributed by atoms with Crippen molar-refractivity contribution in [1.29, 1.82) is 0 Å². The molecule has 0 aromatic heterocycles. The maximum absolute atomic E-state index is 15.6. The Balaban J connectivity index is 1.06. The van der Waals surface area contributed by atoms with Crippen LogP contribution in [-0.2, 0) is 5.60 Å². The summed E-state index contributed by atoms with van der Waals surface area (Å²) < 4.78 is 0. The van der Waals surface area contributed by atoms with Gasteiger partial charge < -0.3 is 15.3 Å². The Bertz CT molecular complexity index is 2200. The van der Waals surface area contributed by atoms with Crippen molar-refractivity contribution in [2.45, 2.75) is 95.0 Å². The standard InChI is InChI=1S/C52H57NO4/c1-47-27-24-39(54)33-49(47)30-31-51(42(34-49)46(55)41-22-13-12-21-40(41)36-15-6-3-7-16-36)43(47)25-28-48(2)44(51)26-29-50(48,56)35-53-32-14-23-45(53)52(57,37-17-8-4-9-18-37)38-19-10-5-11-20-38/h3-13,15-22,30-31,34,39,43-45,54,56-57H,14,23-29,32-33,35H2,1-2H3. The second-order valence-corrected chi connectivity index (χ2v) is 19.2. The van der Waals surface area contributed by atoms with Crippen LogP contribution in [0.1, 0.15) is 93.1 Å². The molecule has 9 atom stereocenters. The number of likely N-dealkylation sites (tertiary alicyclic amines) is 1. The van der Waals surface area contributed by atoms with Gasteiger partial charge in [-0.1, -0.05) is 147 Å². The van der Waals surface area contributed by atoms with Gasteiger partial charge in [-0.3, -0.25) is 9.69 Å². The van der Waals surface area contributed by atoms with E-state index in [4.69, 9.17) is 0 Å². The minimum absolute atomic E-state index is 0.0502. The molecule has 57 heavy (non-hydrogen) atoms. The highest BCUT2D eigenvalue weighted by atomic mass is 16.3. The molecule has 4 aromatic carbocycles. The maximum atomic E-state index is 15.6. The monoisotopic (exact) mass is 759 g/mol. The summed E-state index contributed by atoms with van der Waals surface area (Å²) in [6.07, 6.45) is 14.1. The van der Waals surface area contributed by atoms with Crippen molar-refractivity contribution in [3.8, 4) is 11.1 Å². The number of hydrogen-bond donors (Lipinski definition) is 3. The lowest BCUT2D eigenvalue weighted by atomic mass is 9.32. The second kappa shape index (κ2) is 13.2. The average molecular weight is 760 g/mol. The first-order valence-electron chi connectivity index (χ1n) is 21.6. The van der Waals surface area contributed by atoms with Crippen LogP contribution in [-0.4, -0.2) is 56.8 Å². The molecule has 2 spiro atoms. The summed E-state index contributed by atoms with van der Waals surface area (Å²) in [6, 6.07) is 38.3. The molecule has 6 aliphatic carbocycles. The van der Waals surface area contributed by atoms with Gasteiger partial charge in [0.05, 0.1) is 11.7 Å². The van der Waals surface area contributed by atoms with Gasteiger partial charge >= 0.3 is 0 Å². The second-order valence-electron chi connectivity index (χ2n) is 19.2. The normalized spacial score (nSPS) is 37.0. The zero-order valence-electron chi connectivity index (χ0n) is 33.5. The molecule has 294 valence electrons. The number of carbonyl (C=O) groups excluding carboxylic acids is 1. The van der Waals surface area contributed by atoms with E-state index in [-0.39, 0.29) is 29.1 Å². The number of benzene rings is 4. The number of β-amino-alcohol motifs (C(OH)–C–C–N with tert-alkyl or cyclic N) is 1. The van der Waals surface area contributed by atoms with E-state index in [1.807, 2.05) is 97.1 Å². The molecule has 1 saturated heterocycles. The summed E-state index contributed by atoms with van der Waals surface area (Å²) in [5.41, 5.74) is 1.55. The van der Waals surface area contributed by atoms with Crippen molar-refractivity contribution in [2.75, 3.05) is 13.1 Å². The number of hydrogen-bond acceptors (Lipinski definition) is 5. The van der Waals surface area contributed by atoms with Gasteiger partial charge in [-0.05, 0) is 104 Å². The first-order chi connectivity index (χ1) is 27.5. The molecule has 1 aliphatic heterocycles. The third kappa shape index (κ3) is 5.11. The topological polar surface area (TPSA) is 81.0 Å². The van der Waals surface area contributed by atoms with Crippen LogP contribution in [0.2, 0.25) is 0 Å². The lowest BCUT2D eigenvalue weighted by Gasteiger charge is -2.71. The third-order valence-electron chi connectivity index (χ3n) is 17.0. The number of Topliss-reactive ketones (excluding diaryl/α,β-unsaturated/α-hetero) is 1. The Morgan fingerprint density at radius 3 is 2.04 bits per heavy atom. The summed E-state index contributed by atoms with van der Waals surface area (Å²) in [7, 11) is 0. The number of allylic oxidation sites excluding steroid dienone is 4. The van der Waals surface area contributed by atoms with Gasteiger partial charge in [0.1, 0.15) is 5.60 Å². The van der Waals surface area contributed by atoms with Crippen LogP contribution >= 0.6 is 0 Å². The first-order valence-corrected chi connectivity index (χ1v) is 21.6. The number of nitrogens with zero attached hydrogens (tertiary/aromatic N) is 1. The van der Waals surface area contributed by atoms with Gasteiger partial charge in [-0.2, -0.15) is 0 Å². The SMILES string of the molecule is CC12CCC(O)CC13C=CC1(C(C(=O)c4ccccc4-c4ccccc4)=C3)C2CCC2(C)C1CCC2(O)CN1CCCC1C(O)(c1ccccc1)c1ccccc1. The maximum Gasteiger partial charge on any atom is 0.190 e. The highest BCUT2D eigenvalue weighted by Gasteiger charge is 2.74. The van der Waals surface area contributed by atoms with Crippen molar-refractivity contribution in [2.24, 2.45) is 33.5 Å². The number of aliphatic hydroxyl groups is 3. The molecule has 0 radical (unpaired) electrons. The highest BCUT2D eigenvalue weighted by molar-refractivity contribution is 6.14. The molecule has 2 bridgehead atoms. The molecule has 11 rings (SSSR count). The minimum atomic E-state index is -1.24. The Hall–Kier alpha value is -4.13. The van der Waals surface area contributed by atoms with Gasteiger partial charge in [-0.25, -0.2) is 0 Å². The average Bonchev–Trinajstić information content (AvgIpc) is 3.82. The minimum Gasteiger partial charge on any atom is -0.393 e. The summed E-state index contributed by atoms with van der Waals surface area (Å²) in [4.78, 5) is 18.0. The fourth-order valence-electron chi connectivity index (χ4n) is 14.1. The number of rotatable bonds is 8. The molecule has 5 nitrogen and oxygen atoms in total. The smallest absolute Gasteiger partial charge is 0.190 e. The molecule has 3 saturated carbocycles. The van der Waals surface area contributed by atoms with E-state index in [1.54, 1.807) is 0 Å². The summed E-state index contributed by atoms with van der Waals surface area (Å²) >= 11 is 0. The van der Waals surface area contributed by atoms with Crippen molar-refractivity contribution < 1.29 is 20.1 Å². The first kappa shape index (κ1) is 37.2. The van der Waals surface area contributed by atoms with E-state index in [2.05, 4.69) is 55.2 Å². The van der Waals surface area contributed by atoms with Gasteiger partial charge in [-0.15, -0.1) is 0 Å². The van der Waals surface area contributed by atoms with Crippen LogP contribution in [0.4, 0.5) is 0 Å². The van der Waals surface area contributed by atoms with Crippen LogP contribution < -0.4 is 0 Å². The van der Waals surface area contributed by atoms with Crippen LogP contribution in [0.3, 0.4) is 0 Å². The van der Waals surface area contributed by atoms with Crippen LogP contribution in [0.15, 0.2) is 139 Å². The molecule has 3 N–H and O–H groups in total. The Morgan fingerprint density at radius 2 is 1.33 bits per heavy atom. The quantitative estimate of drug-likeness (QED) is 0.123. The summed E-state index contributed by atoms with van der Waals surface area (Å²) in [5.74, 6) is 0.353. The zero-order chi connectivity index (χ0) is 39.3. The molecule has 7 aliphatic rings. The largest absolute Gasteiger partial charge is 0.393 e. The predicted molar refractivity (Wildman–Crippen MR) is 225 cm³/mol. The zero-order valence-corrected chi connectivity index (χ0v) is 33.5. The van der Waals surface area contributed by atoms with E-state index in [1.165, 1.54) is 0 Å². The van der Waals surface area contributed by atoms with E-state index >= 15 is 4.79 Å². The fourth-order valence-corrected chi connectivity index (χ4v) is 14.1. The number of aliphatic hydroxyl groups excluding tert-OH is 1. The molecule has 0 amide bonds. The van der Waals surface area contributed by atoms with E-state index in [9.17, 15) is 15.3 Å². The summed E-state index contributed by atoms with van der Waals surface area (Å²) in [5, 5.41) is 37.6. The molecular weight excluding hydrogens is 703 g/mol. The Morgan fingerprint density at radius 1 is 0.737 bits per heavy atom. The lowest BCUT2D eigenvalue weighted by molar-refractivity contribution is -0.178. The molecular formula is C52H57NO4. The summed E-state index contributed by atoms with van der Waals surface area (Å²) in [6.45, 7) is 6.07. The Kier molecular flexibility index (Phi) is 8.60. The third-order valence-corrected chi connectivity index (χ3v) is 17.0. The Labute approximate surface area is 338 Å². The number of ketones is 1. The van der Waals surface area contributed by atoms with Crippen molar-refractivity contribution in [3.63, 3.8) is 0 Å². The number of fused-ring (bicyclic) bond motifs is 1. The van der Waals surface area contributed by atoms with Gasteiger partial charge in [0.25, 0.3) is 0 Å². The van der Waals surface area contributed by atoms with Crippen LogP contribution in [0.25, 0.3) is 11.1 Å². The van der Waals surface area contributed by atoms with Crippen molar-refractivity contribution >= 4 is 5.78 Å². The number of carbonyl (C=O) groups is 1. The van der Waals surface area contributed by atoms with Crippen LogP contribution in [0, 0.1) is 33.5 Å². The molecule has 4 fully saturated rings. The predicted octanol–water partition coefficient (Wildman–Crippen LogP) is 9.53. The molecule has 5 heteroatoms. The van der Waals surface area contributed by atoms with Crippen molar-refractivity contribution in [3.05, 3.63) is 156 Å². The molecule has 9 unspecified atom stereocenters. The van der Waals surface area contributed by atoms with Gasteiger partial charge in [0, 0.05) is 40.0 Å². The molecule has 4 aromatic rings. The van der Waals surface area contributed by atoms with E-state index < -0.39 is 33.6 Å². The fraction of sp³-hybridized carbons (Fsp3) is 0.442.